The number of hydrogen-bond acceptors (Lipinski definition) is 7. The van der Waals surface area contributed by atoms with Gasteiger partial charge in [-0.3, -0.25) is 0 Å². The third kappa shape index (κ3) is 5.17. The summed E-state index contributed by atoms with van der Waals surface area (Å²) in [6.45, 7) is 4.27. The lowest BCUT2D eigenvalue weighted by atomic mass is 10.3. The third-order valence-corrected chi connectivity index (χ3v) is 5.27. The molecule has 1 aliphatic heterocycles. The molecule has 0 unspecified atom stereocenters. The number of carbonyl (C=O) groups is 1. The lowest BCUT2D eigenvalue weighted by Crippen LogP contribution is -2.50. The fourth-order valence-electron chi connectivity index (χ4n) is 3.46. The van der Waals surface area contributed by atoms with Gasteiger partial charge < -0.3 is 25.2 Å². The molecule has 1 fully saturated rings. The van der Waals surface area contributed by atoms with E-state index in [1.54, 1.807) is 36.4 Å². The minimum Gasteiger partial charge on any atom is -0.495 e. The van der Waals surface area contributed by atoms with Gasteiger partial charge in [-0.15, -0.1) is 0 Å². The van der Waals surface area contributed by atoms with E-state index < -0.39 is 0 Å². The molecule has 0 aliphatic carbocycles. The number of benzene rings is 1. The highest BCUT2D eigenvalue weighted by molar-refractivity contribution is 6.31. The molecule has 0 bridgehead atoms. The number of aromatic nitrogens is 3. The summed E-state index contributed by atoms with van der Waals surface area (Å²) >= 11 is 6.06. The molecule has 166 valence electrons. The summed E-state index contributed by atoms with van der Waals surface area (Å²) in [6, 6.07) is 12.5. The first kappa shape index (κ1) is 21.6. The molecule has 9 nitrogen and oxygen atoms in total. The lowest BCUT2D eigenvalue weighted by Gasteiger charge is -2.35. The number of piperazine rings is 1. The van der Waals surface area contributed by atoms with Crippen LogP contribution in [0.5, 0.6) is 5.75 Å². The molecular formula is C22H24ClN7O2. The van der Waals surface area contributed by atoms with Gasteiger partial charge in [0.25, 0.3) is 0 Å². The molecule has 0 radical (unpaired) electrons. The first-order valence-electron chi connectivity index (χ1n) is 10.2. The number of methoxy groups -OCH3 is 1. The van der Waals surface area contributed by atoms with Gasteiger partial charge in [-0.1, -0.05) is 17.7 Å². The highest BCUT2D eigenvalue weighted by Crippen LogP contribution is 2.28. The standard InChI is InChI=1S/C22H24ClN7O2/c1-15-25-20(28-19-5-3-4-8-24-19)14-21(26-15)29-9-11-30(12-10-29)22(31)27-17-13-16(23)6-7-18(17)32-2/h3-8,13-14H,9-12H2,1-2H3,(H,27,31)(H,24,25,26,28). The van der Waals surface area contributed by atoms with Crippen molar-refractivity contribution in [1.29, 1.82) is 0 Å². The molecule has 0 spiro atoms. The molecule has 32 heavy (non-hydrogen) atoms. The smallest absolute Gasteiger partial charge is 0.322 e. The molecule has 4 rings (SSSR count). The number of amides is 2. The molecule has 2 amide bonds. The van der Waals surface area contributed by atoms with Gasteiger partial charge >= 0.3 is 6.03 Å². The van der Waals surface area contributed by atoms with Gasteiger partial charge in [0.15, 0.2) is 0 Å². The van der Waals surface area contributed by atoms with Crippen LogP contribution < -0.4 is 20.3 Å². The summed E-state index contributed by atoms with van der Waals surface area (Å²) in [4.78, 5) is 30.0. The number of halogens is 1. The van der Waals surface area contributed by atoms with Gasteiger partial charge in [0.2, 0.25) is 0 Å². The van der Waals surface area contributed by atoms with Crippen LogP contribution in [0, 0.1) is 6.92 Å². The first-order valence-corrected chi connectivity index (χ1v) is 10.6. The van der Waals surface area contributed by atoms with Crippen LogP contribution in [0.15, 0.2) is 48.7 Å². The van der Waals surface area contributed by atoms with Crippen molar-refractivity contribution < 1.29 is 9.53 Å². The molecule has 0 atom stereocenters. The topological polar surface area (TPSA) is 95.5 Å². The Balaban J connectivity index is 1.39. The van der Waals surface area contributed by atoms with Crippen LogP contribution in [0.4, 0.5) is 27.9 Å². The number of urea groups is 1. The summed E-state index contributed by atoms with van der Waals surface area (Å²) in [5.74, 6) is 3.43. The van der Waals surface area contributed by atoms with Gasteiger partial charge in [0.1, 0.15) is 29.0 Å². The van der Waals surface area contributed by atoms with Crippen molar-refractivity contribution in [3.05, 3.63) is 59.5 Å². The number of nitrogens with zero attached hydrogens (tertiary/aromatic N) is 5. The Bertz CT molecular complexity index is 1090. The van der Waals surface area contributed by atoms with Gasteiger partial charge in [-0.05, 0) is 37.3 Å². The molecular weight excluding hydrogens is 430 g/mol. The maximum atomic E-state index is 12.8. The molecule has 0 saturated carbocycles. The quantitative estimate of drug-likeness (QED) is 0.604. The predicted octanol–water partition coefficient (Wildman–Crippen LogP) is 3.94. The minimum absolute atomic E-state index is 0.193. The van der Waals surface area contributed by atoms with Gasteiger partial charge in [-0.25, -0.2) is 19.7 Å². The Labute approximate surface area is 191 Å². The van der Waals surface area contributed by atoms with E-state index in [2.05, 4.69) is 30.5 Å². The maximum Gasteiger partial charge on any atom is 0.322 e. The van der Waals surface area contributed by atoms with Crippen LogP contribution in [0.1, 0.15) is 5.82 Å². The summed E-state index contributed by atoms with van der Waals surface area (Å²) in [5, 5.41) is 6.62. The highest BCUT2D eigenvalue weighted by Gasteiger charge is 2.23. The number of rotatable bonds is 5. The number of pyridine rings is 1. The molecule has 2 aromatic heterocycles. The van der Waals surface area contributed by atoms with Gasteiger partial charge in [0, 0.05) is 43.5 Å². The Morgan fingerprint density at radius 3 is 2.59 bits per heavy atom. The number of carbonyl (C=O) groups excluding carboxylic acids is 1. The normalized spacial score (nSPS) is 13.6. The average Bonchev–Trinajstić information content (AvgIpc) is 2.79. The maximum absolute atomic E-state index is 12.8. The van der Waals surface area contributed by atoms with E-state index >= 15 is 0 Å². The Hall–Kier alpha value is -3.59. The fraction of sp³-hybridized carbons (Fsp3) is 0.273. The predicted molar refractivity (Wildman–Crippen MR) is 125 cm³/mol. The number of nitrogens with one attached hydrogen (secondary N) is 2. The summed E-state index contributed by atoms with van der Waals surface area (Å²) < 4.78 is 5.30. The van der Waals surface area contributed by atoms with Gasteiger partial charge in [-0.2, -0.15) is 0 Å². The monoisotopic (exact) mass is 453 g/mol. The van der Waals surface area contributed by atoms with E-state index in [-0.39, 0.29) is 6.03 Å². The number of anilines is 4. The molecule has 3 heterocycles. The lowest BCUT2D eigenvalue weighted by molar-refractivity contribution is 0.208. The second-order valence-electron chi connectivity index (χ2n) is 7.25. The van der Waals surface area contributed by atoms with Crippen molar-refractivity contribution in [2.24, 2.45) is 0 Å². The SMILES string of the molecule is COc1ccc(Cl)cc1NC(=O)N1CCN(c2cc(Nc3ccccn3)nc(C)n2)CC1. The zero-order valence-electron chi connectivity index (χ0n) is 17.9. The van der Waals surface area contributed by atoms with Crippen molar-refractivity contribution in [3.8, 4) is 5.75 Å². The second kappa shape index (κ2) is 9.69. The minimum atomic E-state index is -0.193. The number of ether oxygens (including phenoxy) is 1. The van der Waals surface area contributed by atoms with Crippen LogP contribution in [0.2, 0.25) is 5.02 Å². The van der Waals surface area contributed by atoms with Crippen LogP contribution in [-0.2, 0) is 0 Å². The Morgan fingerprint density at radius 1 is 1.06 bits per heavy atom. The van der Waals surface area contributed by atoms with Gasteiger partial charge in [0.05, 0.1) is 12.8 Å². The summed E-state index contributed by atoms with van der Waals surface area (Å²) in [6.07, 6.45) is 1.72. The van der Waals surface area contributed by atoms with Crippen molar-refractivity contribution in [1.82, 2.24) is 19.9 Å². The largest absolute Gasteiger partial charge is 0.495 e. The van der Waals surface area contributed by atoms with Crippen LogP contribution >= 0.6 is 11.6 Å². The van der Waals surface area contributed by atoms with Crippen molar-refractivity contribution in [3.63, 3.8) is 0 Å². The molecule has 3 aromatic rings. The first-order chi connectivity index (χ1) is 15.5. The third-order valence-electron chi connectivity index (χ3n) is 5.04. The van der Waals surface area contributed by atoms with E-state index in [1.807, 2.05) is 31.2 Å². The highest BCUT2D eigenvalue weighted by atomic mass is 35.5. The molecule has 2 N–H and O–H groups in total. The second-order valence-corrected chi connectivity index (χ2v) is 7.68. The zero-order valence-corrected chi connectivity index (χ0v) is 18.6. The van der Waals surface area contributed by atoms with E-state index in [1.165, 1.54) is 0 Å². The molecule has 1 saturated heterocycles. The average molecular weight is 454 g/mol. The molecule has 10 heteroatoms. The molecule has 1 aromatic carbocycles. The van der Waals surface area contributed by atoms with Crippen LogP contribution in [-0.4, -0.2) is 59.2 Å². The zero-order chi connectivity index (χ0) is 22.5. The number of hydrogen-bond donors (Lipinski definition) is 2. The molecule has 1 aliphatic rings. The number of aryl methyl sites for hydroxylation is 1. The van der Waals surface area contributed by atoms with E-state index in [0.717, 1.165) is 11.6 Å². The van der Waals surface area contributed by atoms with Crippen molar-refractivity contribution in [2.75, 3.05) is 48.8 Å². The summed E-state index contributed by atoms with van der Waals surface area (Å²) in [7, 11) is 1.55. The van der Waals surface area contributed by atoms with Crippen LogP contribution in [0.25, 0.3) is 0 Å². The van der Waals surface area contributed by atoms with Crippen molar-refractivity contribution in [2.45, 2.75) is 6.92 Å². The van der Waals surface area contributed by atoms with E-state index in [9.17, 15) is 4.79 Å². The Morgan fingerprint density at radius 2 is 1.88 bits per heavy atom. The Kier molecular flexibility index (Phi) is 6.55. The van der Waals surface area contributed by atoms with E-state index in [4.69, 9.17) is 16.3 Å². The fourth-order valence-corrected chi connectivity index (χ4v) is 3.63. The van der Waals surface area contributed by atoms with Crippen LogP contribution in [0.3, 0.4) is 0 Å². The summed E-state index contributed by atoms with van der Waals surface area (Å²) in [5.41, 5.74) is 0.545. The van der Waals surface area contributed by atoms with E-state index in [0.29, 0.717) is 54.3 Å². The van der Waals surface area contributed by atoms with Crippen molar-refractivity contribution >= 4 is 40.8 Å².